The van der Waals surface area contributed by atoms with Crippen molar-refractivity contribution < 1.29 is 9.21 Å². The topological polar surface area (TPSA) is 68.0 Å². The van der Waals surface area contributed by atoms with Crippen molar-refractivity contribution in [2.24, 2.45) is 0 Å². The summed E-state index contributed by atoms with van der Waals surface area (Å²) < 4.78 is 5.62. The van der Waals surface area contributed by atoms with Crippen molar-refractivity contribution in [3.05, 3.63) is 36.8 Å². The summed E-state index contributed by atoms with van der Waals surface area (Å²) in [6.07, 6.45) is 4.61. The number of hydrogen-bond donors (Lipinski definition) is 1. The lowest BCUT2D eigenvalue weighted by atomic mass is 10.3. The SMILES string of the molecule is C=CCSc1nnc(NC(=O)c2ccoc2)s1. The fourth-order valence-electron chi connectivity index (χ4n) is 1.01. The van der Waals surface area contributed by atoms with E-state index >= 15 is 0 Å². The summed E-state index contributed by atoms with van der Waals surface area (Å²) in [5, 5.41) is 10.9. The molecule has 7 heteroatoms. The zero-order valence-electron chi connectivity index (χ0n) is 8.75. The van der Waals surface area contributed by atoms with Gasteiger partial charge in [0.05, 0.1) is 11.8 Å². The Hall–Kier alpha value is -1.60. The summed E-state index contributed by atoms with van der Waals surface area (Å²) in [5.74, 6) is 0.514. The van der Waals surface area contributed by atoms with Crippen LogP contribution in [0.5, 0.6) is 0 Å². The molecule has 0 fully saturated rings. The van der Waals surface area contributed by atoms with Crippen LogP contribution in [0.4, 0.5) is 5.13 Å². The normalized spacial score (nSPS) is 10.1. The standard InChI is InChI=1S/C10H9N3O2S2/c1-2-5-16-10-13-12-9(17-10)11-8(14)7-3-4-15-6-7/h2-4,6H,1,5H2,(H,11,12,14). The zero-order valence-corrected chi connectivity index (χ0v) is 10.4. The molecule has 2 rings (SSSR count). The van der Waals surface area contributed by atoms with E-state index in [9.17, 15) is 4.79 Å². The molecule has 88 valence electrons. The van der Waals surface area contributed by atoms with E-state index in [1.165, 1.54) is 35.6 Å². The fraction of sp³-hybridized carbons (Fsp3) is 0.100. The molecule has 0 bridgehead atoms. The second-order valence-electron chi connectivity index (χ2n) is 2.94. The quantitative estimate of drug-likeness (QED) is 0.512. The van der Waals surface area contributed by atoms with Crippen LogP contribution >= 0.6 is 23.1 Å². The van der Waals surface area contributed by atoms with Gasteiger partial charge in [0.2, 0.25) is 5.13 Å². The average molecular weight is 267 g/mol. The Labute approximate surface area is 106 Å². The number of nitrogens with zero attached hydrogens (tertiary/aromatic N) is 2. The lowest BCUT2D eigenvalue weighted by Crippen LogP contribution is -2.10. The lowest BCUT2D eigenvalue weighted by molar-refractivity contribution is 0.102. The van der Waals surface area contributed by atoms with Crippen LogP contribution in [-0.4, -0.2) is 21.9 Å². The molecule has 0 spiro atoms. The minimum atomic E-state index is -0.254. The van der Waals surface area contributed by atoms with Crippen LogP contribution in [0.1, 0.15) is 10.4 Å². The highest BCUT2D eigenvalue weighted by Gasteiger charge is 2.10. The minimum Gasteiger partial charge on any atom is -0.472 e. The van der Waals surface area contributed by atoms with Crippen LogP contribution in [0.3, 0.4) is 0 Å². The van der Waals surface area contributed by atoms with Gasteiger partial charge in [-0.3, -0.25) is 10.1 Å². The first-order valence-corrected chi connectivity index (χ1v) is 6.50. The van der Waals surface area contributed by atoms with Crippen molar-refractivity contribution in [1.29, 1.82) is 0 Å². The Morgan fingerprint density at radius 2 is 2.53 bits per heavy atom. The summed E-state index contributed by atoms with van der Waals surface area (Å²) in [7, 11) is 0. The lowest BCUT2D eigenvalue weighted by Gasteiger charge is -1.95. The number of thioether (sulfide) groups is 1. The largest absolute Gasteiger partial charge is 0.472 e. The summed E-state index contributed by atoms with van der Waals surface area (Å²) >= 11 is 2.85. The fourth-order valence-corrected chi connectivity index (χ4v) is 2.52. The highest BCUT2D eigenvalue weighted by Crippen LogP contribution is 2.25. The van der Waals surface area contributed by atoms with Crippen molar-refractivity contribution in [2.75, 3.05) is 11.1 Å². The summed E-state index contributed by atoms with van der Waals surface area (Å²) in [6, 6.07) is 1.59. The van der Waals surface area contributed by atoms with Crippen molar-refractivity contribution in [3.8, 4) is 0 Å². The van der Waals surface area contributed by atoms with Gasteiger partial charge in [-0.05, 0) is 6.07 Å². The van der Waals surface area contributed by atoms with Gasteiger partial charge in [0.15, 0.2) is 4.34 Å². The molecule has 0 aliphatic heterocycles. The number of anilines is 1. The number of carbonyl (C=O) groups excluding carboxylic acids is 1. The monoisotopic (exact) mass is 267 g/mol. The molecule has 2 heterocycles. The van der Waals surface area contributed by atoms with E-state index in [1.54, 1.807) is 12.1 Å². The molecule has 17 heavy (non-hydrogen) atoms. The molecule has 0 radical (unpaired) electrons. The van der Waals surface area contributed by atoms with Crippen LogP contribution in [0.15, 0.2) is 40.0 Å². The maximum atomic E-state index is 11.6. The van der Waals surface area contributed by atoms with Crippen LogP contribution in [-0.2, 0) is 0 Å². The van der Waals surface area contributed by atoms with E-state index in [2.05, 4.69) is 22.1 Å². The molecule has 1 N–H and O–H groups in total. The van der Waals surface area contributed by atoms with Crippen LogP contribution in [0.25, 0.3) is 0 Å². The van der Waals surface area contributed by atoms with E-state index in [4.69, 9.17) is 4.42 Å². The first-order valence-electron chi connectivity index (χ1n) is 4.70. The van der Waals surface area contributed by atoms with Crippen molar-refractivity contribution in [3.63, 3.8) is 0 Å². The number of furan rings is 1. The van der Waals surface area contributed by atoms with Gasteiger partial charge in [0.1, 0.15) is 6.26 Å². The van der Waals surface area contributed by atoms with Gasteiger partial charge in [-0.2, -0.15) is 0 Å². The zero-order chi connectivity index (χ0) is 12.1. The Bertz CT molecular complexity index is 507. The first-order chi connectivity index (χ1) is 8.29. The minimum absolute atomic E-state index is 0.254. The first kappa shape index (κ1) is 11.9. The summed E-state index contributed by atoms with van der Waals surface area (Å²) in [6.45, 7) is 3.62. The predicted octanol–water partition coefficient (Wildman–Crippen LogP) is 2.66. The Kier molecular flexibility index (Phi) is 3.94. The average Bonchev–Trinajstić information content (AvgIpc) is 2.97. The number of aromatic nitrogens is 2. The van der Waals surface area contributed by atoms with Crippen LogP contribution < -0.4 is 5.32 Å². The smallest absolute Gasteiger partial charge is 0.260 e. The molecular weight excluding hydrogens is 258 g/mol. The summed E-state index contributed by atoms with van der Waals surface area (Å²) in [5.41, 5.74) is 0.459. The third-order valence-corrected chi connectivity index (χ3v) is 3.70. The van der Waals surface area contributed by atoms with Crippen molar-refractivity contribution >= 4 is 34.1 Å². The molecular formula is C10H9N3O2S2. The van der Waals surface area contributed by atoms with Gasteiger partial charge in [-0.1, -0.05) is 29.2 Å². The van der Waals surface area contributed by atoms with E-state index in [1.807, 2.05) is 0 Å². The molecule has 0 aromatic carbocycles. The third kappa shape index (κ3) is 3.18. The molecule has 1 amide bonds. The van der Waals surface area contributed by atoms with E-state index in [-0.39, 0.29) is 5.91 Å². The van der Waals surface area contributed by atoms with Crippen LogP contribution in [0.2, 0.25) is 0 Å². The number of carbonyl (C=O) groups is 1. The van der Waals surface area contributed by atoms with Gasteiger partial charge < -0.3 is 4.42 Å². The predicted molar refractivity (Wildman–Crippen MR) is 67.5 cm³/mol. The highest BCUT2D eigenvalue weighted by atomic mass is 32.2. The Morgan fingerprint density at radius 1 is 1.65 bits per heavy atom. The maximum absolute atomic E-state index is 11.6. The molecule has 0 aliphatic carbocycles. The molecule has 0 saturated carbocycles. The summed E-state index contributed by atoms with van der Waals surface area (Å²) in [4.78, 5) is 11.6. The second kappa shape index (κ2) is 5.65. The van der Waals surface area contributed by atoms with E-state index in [0.29, 0.717) is 10.7 Å². The maximum Gasteiger partial charge on any atom is 0.260 e. The van der Waals surface area contributed by atoms with Crippen molar-refractivity contribution in [2.45, 2.75) is 4.34 Å². The molecule has 2 aromatic heterocycles. The molecule has 5 nitrogen and oxygen atoms in total. The van der Waals surface area contributed by atoms with E-state index < -0.39 is 0 Å². The molecule has 0 saturated heterocycles. The number of rotatable bonds is 5. The second-order valence-corrected chi connectivity index (χ2v) is 5.18. The van der Waals surface area contributed by atoms with Gasteiger partial charge in [0.25, 0.3) is 5.91 Å². The number of nitrogens with one attached hydrogen (secondary N) is 1. The molecule has 2 aromatic rings. The van der Waals surface area contributed by atoms with Gasteiger partial charge in [0, 0.05) is 5.75 Å². The Morgan fingerprint density at radius 3 is 3.24 bits per heavy atom. The number of hydrogen-bond acceptors (Lipinski definition) is 6. The van der Waals surface area contributed by atoms with E-state index in [0.717, 1.165) is 10.1 Å². The molecule has 0 unspecified atom stereocenters. The highest BCUT2D eigenvalue weighted by molar-refractivity contribution is 8.01. The number of amides is 1. The van der Waals surface area contributed by atoms with Gasteiger partial charge >= 0.3 is 0 Å². The molecule has 0 atom stereocenters. The van der Waals surface area contributed by atoms with Crippen LogP contribution in [0, 0.1) is 0 Å². The van der Waals surface area contributed by atoms with Crippen molar-refractivity contribution in [1.82, 2.24) is 10.2 Å². The molecule has 0 aliphatic rings. The van der Waals surface area contributed by atoms with Gasteiger partial charge in [-0.15, -0.1) is 16.8 Å². The Balaban J connectivity index is 1.97. The third-order valence-electron chi connectivity index (χ3n) is 1.73. The van der Waals surface area contributed by atoms with Gasteiger partial charge in [-0.25, -0.2) is 0 Å².